The number of fused-ring (bicyclic) bond motifs is 5. The zero-order valence-electron chi connectivity index (χ0n) is 23.9. The fourth-order valence-electron chi connectivity index (χ4n) is 10.7. The maximum atomic E-state index is 11.8. The minimum absolute atomic E-state index is 0.0724. The van der Waals surface area contributed by atoms with Crippen molar-refractivity contribution in [1.29, 1.82) is 0 Å². The van der Waals surface area contributed by atoms with Crippen molar-refractivity contribution < 1.29 is 9.53 Å². The van der Waals surface area contributed by atoms with Gasteiger partial charge in [-0.15, -0.1) is 0 Å². The first-order valence-electron chi connectivity index (χ1n) is 14.6. The molecule has 34 heavy (non-hydrogen) atoms. The Kier molecular flexibility index (Phi) is 6.92. The number of esters is 1. The Bertz CT molecular complexity index is 806. The number of ether oxygens (including phenoxy) is 1. The highest BCUT2D eigenvalue weighted by Gasteiger charge is 2.67. The number of hydrogen-bond donors (Lipinski definition) is 0. The lowest BCUT2D eigenvalue weighted by atomic mass is 9.38. The summed E-state index contributed by atoms with van der Waals surface area (Å²) < 4.78 is 5.89. The molecule has 0 aromatic heterocycles. The van der Waals surface area contributed by atoms with Crippen molar-refractivity contribution in [3.8, 4) is 0 Å². The number of hydrogen-bond acceptors (Lipinski definition) is 2. The first-order chi connectivity index (χ1) is 15.8. The maximum Gasteiger partial charge on any atom is 0.302 e. The number of carbonyl (C=O) groups excluding carboxylic acids is 1. The van der Waals surface area contributed by atoms with Gasteiger partial charge in [0.1, 0.15) is 6.10 Å². The quantitative estimate of drug-likeness (QED) is 0.296. The number of rotatable bonds is 5. The van der Waals surface area contributed by atoms with Gasteiger partial charge in [0.05, 0.1) is 0 Å². The van der Waals surface area contributed by atoms with Crippen LogP contribution in [0.25, 0.3) is 0 Å². The third-order valence-corrected chi connectivity index (χ3v) is 12.6. The molecule has 2 nitrogen and oxygen atoms in total. The van der Waals surface area contributed by atoms with Gasteiger partial charge in [0.2, 0.25) is 0 Å². The summed E-state index contributed by atoms with van der Waals surface area (Å²) >= 11 is 0. The van der Waals surface area contributed by atoms with Crippen LogP contribution in [0.2, 0.25) is 0 Å². The first-order valence-corrected chi connectivity index (χ1v) is 14.6. The second-order valence-electron chi connectivity index (χ2n) is 14.7. The summed E-state index contributed by atoms with van der Waals surface area (Å²) in [5.41, 5.74) is 2.90. The van der Waals surface area contributed by atoms with E-state index in [1.807, 2.05) is 0 Å². The summed E-state index contributed by atoms with van der Waals surface area (Å²) in [7, 11) is 0. The van der Waals surface area contributed by atoms with Gasteiger partial charge in [-0.05, 0) is 124 Å². The topological polar surface area (TPSA) is 26.3 Å². The van der Waals surface area contributed by atoms with E-state index in [1.165, 1.54) is 63.4 Å². The number of allylic oxidation sites excluding steroid dienone is 2. The molecule has 0 heterocycles. The third-order valence-electron chi connectivity index (χ3n) is 12.6. The Morgan fingerprint density at radius 1 is 0.882 bits per heavy atom. The Labute approximate surface area is 211 Å². The molecule has 0 bridgehead atoms. The Balaban J connectivity index is 1.56. The van der Waals surface area contributed by atoms with Crippen molar-refractivity contribution in [2.24, 2.45) is 51.2 Å². The van der Waals surface area contributed by atoms with Crippen LogP contribution in [-0.2, 0) is 9.53 Å². The zero-order valence-corrected chi connectivity index (χ0v) is 23.9. The lowest BCUT2D eigenvalue weighted by Crippen LogP contribution is -2.62. The number of carbonyl (C=O) groups is 1. The maximum absolute atomic E-state index is 11.8. The predicted molar refractivity (Wildman–Crippen MR) is 142 cm³/mol. The second kappa shape index (κ2) is 8.95. The van der Waals surface area contributed by atoms with Crippen molar-refractivity contribution in [2.75, 3.05) is 0 Å². The van der Waals surface area contributed by atoms with Gasteiger partial charge in [-0.2, -0.15) is 0 Å². The zero-order chi connectivity index (χ0) is 25.1. The van der Waals surface area contributed by atoms with E-state index in [0.29, 0.717) is 22.2 Å². The molecule has 0 amide bonds. The highest BCUT2D eigenvalue weighted by atomic mass is 16.5. The summed E-state index contributed by atoms with van der Waals surface area (Å²) in [5.74, 6) is 3.96. The smallest absolute Gasteiger partial charge is 0.302 e. The van der Waals surface area contributed by atoms with Crippen LogP contribution >= 0.6 is 0 Å². The van der Waals surface area contributed by atoms with Gasteiger partial charge in [-0.1, -0.05) is 53.2 Å². The molecule has 0 aromatic rings. The van der Waals surface area contributed by atoms with Crippen molar-refractivity contribution >= 4 is 5.97 Å². The van der Waals surface area contributed by atoms with E-state index in [-0.39, 0.29) is 17.5 Å². The van der Waals surface area contributed by atoms with Crippen LogP contribution in [0.15, 0.2) is 11.6 Å². The van der Waals surface area contributed by atoms with Gasteiger partial charge >= 0.3 is 5.97 Å². The molecule has 4 fully saturated rings. The van der Waals surface area contributed by atoms with E-state index >= 15 is 0 Å². The van der Waals surface area contributed by atoms with Crippen LogP contribution < -0.4 is 0 Å². The van der Waals surface area contributed by atoms with E-state index in [2.05, 4.69) is 61.5 Å². The Morgan fingerprint density at radius 2 is 1.56 bits per heavy atom. The third kappa shape index (κ3) is 3.92. The van der Waals surface area contributed by atoms with Gasteiger partial charge < -0.3 is 4.74 Å². The Morgan fingerprint density at radius 3 is 2.21 bits per heavy atom. The summed E-state index contributed by atoms with van der Waals surface area (Å²) in [4.78, 5) is 11.8. The molecule has 0 unspecified atom stereocenters. The average Bonchev–Trinajstić information content (AvgIpc) is 3.01. The van der Waals surface area contributed by atoms with E-state index in [4.69, 9.17) is 4.74 Å². The molecule has 0 aliphatic heterocycles. The fourth-order valence-corrected chi connectivity index (χ4v) is 10.7. The molecule has 2 heteroatoms. The molecule has 4 aliphatic carbocycles. The molecular formula is C32H54O2. The molecule has 4 saturated carbocycles. The molecule has 0 saturated heterocycles. The largest absolute Gasteiger partial charge is 0.462 e. The second-order valence-corrected chi connectivity index (χ2v) is 14.7. The molecule has 4 aliphatic rings. The SMILES string of the molecule is CC(=O)O[C@H]1CC[C@]2(C)[C@H]3CC[C@@]4(C)[C@@H]([C@H](C)CCC=C(C)C)CC[C@]4(C)[C@@H]3CC[C@H]2C1(C)C. The van der Waals surface area contributed by atoms with E-state index in [0.717, 1.165) is 30.1 Å². The fraction of sp³-hybridized carbons (Fsp3) is 0.906. The van der Waals surface area contributed by atoms with Gasteiger partial charge in [0.15, 0.2) is 0 Å². The van der Waals surface area contributed by atoms with Crippen molar-refractivity contribution in [3.63, 3.8) is 0 Å². The van der Waals surface area contributed by atoms with E-state index in [1.54, 1.807) is 6.92 Å². The molecule has 194 valence electrons. The summed E-state index contributed by atoms with van der Waals surface area (Å²) in [6, 6.07) is 0. The highest BCUT2D eigenvalue weighted by molar-refractivity contribution is 5.66. The molecule has 0 N–H and O–H groups in total. The van der Waals surface area contributed by atoms with Crippen LogP contribution in [0.4, 0.5) is 0 Å². The lowest BCUT2D eigenvalue weighted by Gasteiger charge is -2.67. The minimum atomic E-state index is -0.105. The van der Waals surface area contributed by atoms with Crippen LogP contribution in [-0.4, -0.2) is 12.1 Å². The molecule has 4 rings (SSSR count). The Hall–Kier alpha value is -0.790. The first kappa shape index (κ1) is 26.3. The lowest BCUT2D eigenvalue weighted by molar-refractivity contribution is -0.209. The van der Waals surface area contributed by atoms with E-state index < -0.39 is 0 Å². The van der Waals surface area contributed by atoms with Crippen molar-refractivity contribution in [3.05, 3.63) is 11.6 Å². The van der Waals surface area contributed by atoms with E-state index in [9.17, 15) is 4.79 Å². The molecule has 0 radical (unpaired) electrons. The summed E-state index contributed by atoms with van der Waals surface area (Å²) in [6.07, 6.45) is 15.8. The van der Waals surface area contributed by atoms with Gasteiger partial charge in [0, 0.05) is 12.3 Å². The van der Waals surface area contributed by atoms with Crippen LogP contribution in [0.1, 0.15) is 127 Å². The van der Waals surface area contributed by atoms with Crippen molar-refractivity contribution in [1.82, 2.24) is 0 Å². The van der Waals surface area contributed by atoms with Crippen LogP contribution in [0, 0.1) is 51.2 Å². The molecule has 0 aromatic carbocycles. The minimum Gasteiger partial charge on any atom is -0.462 e. The molecule has 0 spiro atoms. The molecular weight excluding hydrogens is 416 g/mol. The molecule has 9 atom stereocenters. The van der Waals surface area contributed by atoms with Crippen molar-refractivity contribution in [2.45, 2.75) is 133 Å². The standard InChI is InChI=1S/C32H54O2/c1-21(2)11-10-12-22(3)24-15-19-32(9)26-13-14-27-29(5,6)28(34-23(4)33)17-18-30(27,7)25(26)16-20-31(24,32)8/h11,22,24-28H,10,12-20H2,1-9H3/t22-,24-,25+,26-,27+,28+,30-,31+,32-/m1/s1. The summed E-state index contributed by atoms with van der Waals surface area (Å²) in [5, 5.41) is 0. The van der Waals surface area contributed by atoms with Gasteiger partial charge in [-0.25, -0.2) is 0 Å². The van der Waals surface area contributed by atoms with Gasteiger partial charge in [-0.3, -0.25) is 4.79 Å². The average molecular weight is 471 g/mol. The monoisotopic (exact) mass is 470 g/mol. The van der Waals surface area contributed by atoms with Crippen LogP contribution in [0.5, 0.6) is 0 Å². The highest BCUT2D eigenvalue weighted by Crippen LogP contribution is 2.74. The predicted octanol–water partition coefficient (Wildman–Crippen LogP) is 8.99. The van der Waals surface area contributed by atoms with Gasteiger partial charge in [0.25, 0.3) is 0 Å². The van der Waals surface area contributed by atoms with Crippen LogP contribution in [0.3, 0.4) is 0 Å². The normalized spacial score (nSPS) is 46.0. The summed E-state index contributed by atoms with van der Waals surface area (Å²) in [6.45, 7) is 21.5.